The summed E-state index contributed by atoms with van der Waals surface area (Å²) in [4.78, 5) is 43.9. The quantitative estimate of drug-likeness (QED) is 0.542. The van der Waals surface area contributed by atoms with Crippen molar-refractivity contribution < 1.29 is 14.4 Å². The van der Waals surface area contributed by atoms with Gasteiger partial charge in [0.2, 0.25) is 5.91 Å². The molecule has 8 nitrogen and oxygen atoms in total. The smallest absolute Gasteiger partial charge is 0.262 e. The summed E-state index contributed by atoms with van der Waals surface area (Å²) < 4.78 is 0. The van der Waals surface area contributed by atoms with Crippen LogP contribution < -0.4 is 5.32 Å². The molecule has 0 bridgehead atoms. The lowest BCUT2D eigenvalue weighted by molar-refractivity contribution is -0.119. The number of carbonyl (C=O) groups excluding carboxylic acids is 3. The topological polar surface area (TPSA) is 108 Å². The fourth-order valence-electron chi connectivity index (χ4n) is 3.65. The third-order valence-electron chi connectivity index (χ3n) is 5.58. The Bertz CT molecular complexity index is 1240. The van der Waals surface area contributed by atoms with Gasteiger partial charge in [-0.15, -0.1) is 0 Å². The number of H-pyrrole nitrogens is 1. The first-order chi connectivity index (χ1) is 15.3. The molecular formula is C22H17Cl2N5O3. The number of rotatable bonds is 5. The molecule has 1 fully saturated rings. The molecule has 2 N–H and O–H groups in total. The van der Waals surface area contributed by atoms with Crippen LogP contribution in [0, 0.1) is 0 Å². The van der Waals surface area contributed by atoms with E-state index in [0.717, 1.165) is 29.1 Å². The number of anilines is 1. The molecule has 10 heteroatoms. The van der Waals surface area contributed by atoms with E-state index in [4.69, 9.17) is 23.2 Å². The molecule has 3 aromatic rings. The minimum Gasteiger partial charge on any atom is -0.324 e. The van der Waals surface area contributed by atoms with Crippen LogP contribution in [0.3, 0.4) is 0 Å². The Morgan fingerprint density at radius 1 is 1.12 bits per heavy atom. The molecule has 0 spiro atoms. The van der Waals surface area contributed by atoms with Gasteiger partial charge in [0.25, 0.3) is 11.8 Å². The number of carbonyl (C=O) groups is 3. The number of hydrogen-bond acceptors (Lipinski definition) is 5. The van der Waals surface area contributed by atoms with E-state index in [0.29, 0.717) is 17.4 Å². The van der Waals surface area contributed by atoms with E-state index in [2.05, 4.69) is 20.5 Å². The summed E-state index contributed by atoms with van der Waals surface area (Å²) in [5, 5.41) is 10.3. The van der Waals surface area contributed by atoms with Gasteiger partial charge in [0, 0.05) is 17.2 Å². The zero-order valence-corrected chi connectivity index (χ0v) is 18.4. The second-order valence-corrected chi connectivity index (χ2v) is 8.67. The number of fused-ring (bicyclic) bond motifs is 1. The Hall–Kier alpha value is -3.23. The summed E-state index contributed by atoms with van der Waals surface area (Å²) >= 11 is 12.0. The maximum absolute atomic E-state index is 12.9. The fourth-order valence-corrected chi connectivity index (χ4v) is 3.97. The number of benzene rings is 2. The summed E-state index contributed by atoms with van der Waals surface area (Å²) in [5.41, 5.74) is 1.49. The average molecular weight is 470 g/mol. The molecule has 5 rings (SSSR count). The van der Waals surface area contributed by atoms with Crippen molar-refractivity contribution in [1.82, 2.24) is 20.1 Å². The Morgan fingerprint density at radius 3 is 2.41 bits per heavy atom. The minimum absolute atomic E-state index is 0.127. The first-order valence-electron chi connectivity index (χ1n) is 10.0. The van der Waals surface area contributed by atoms with Gasteiger partial charge in [-0.1, -0.05) is 35.3 Å². The highest BCUT2D eigenvalue weighted by Gasteiger charge is 2.41. The van der Waals surface area contributed by atoms with Crippen LogP contribution >= 0.6 is 23.2 Å². The van der Waals surface area contributed by atoms with Gasteiger partial charge in [0.15, 0.2) is 5.82 Å². The molecule has 1 atom stereocenters. The van der Waals surface area contributed by atoms with Crippen LogP contribution in [0.15, 0.2) is 36.4 Å². The highest BCUT2D eigenvalue weighted by Crippen LogP contribution is 2.38. The molecule has 1 aromatic heterocycles. The Morgan fingerprint density at radius 2 is 1.78 bits per heavy atom. The van der Waals surface area contributed by atoms with Crippen LogP contribution in [0.5, 0.6) is 0 Å². The van der Waals surface area contributed by atoms with Gasteiger partial charge >= 0.3 is 0 Å². The zero-order valence-electron chi connectivity index (χ0n) is 16.9. The molecule has 2 aromatic carbocycles. The molecule has 1 unspecified atom stereocenters. The fraction of sp³-hybridized carbons (Fsp3) is 0.227. The van der Waals surface area contributed by atoms with Crippen molar-refractivity contribution >= 4 is 46.6 Å². The van der Waals surface area contributed by atoms with Crippen molar-refractivity contribution in [3.63, 3.8) is 0 Å². The summed E-state index contributed by atoms with van der Waals surface area (Å²) in [6.45, 7) is 1.49. The molecule has 0 radical (unpaired) electrons. The van der Waals surface area contributed by atoms with E-state index < -0.39 is 23.8 Å². The first-order valence-corrected chi connectivity index (χ1v) is 10.8. The van der Waals surface area contributed by atoms with Gasteiger partial charge < -0.3 is 5.32 Å². The monoisotopic (exact) mass is 469 g/mol. The summed E-state index contributed by atoms with van der Waals surface area (Å²) in [5.74, 6) is 0.174. The van der Waals surface area contributed by atoms with E-state index in [9.17, 15) is 14.4 Å². The average Bonchev–Trinajstić information content (AvgIpc) is 3.46. The Kier molecular flexibility index (Phi) is 4.98. The SMILES string of the molecule is CC(C(=O)Nc1cccc(-c2n[nH]c(C3CC3)n2)c1)N1C(=O)c2cc(Cl)c(Cl)cc2C1=O. The van der Waals surface area contributed by atoms with Gasteiger partial charge in [-0.05, 0) is 44.0 Å². The summed E-state index contributed by atoms with van der Waals surface area (Å²) in [6, 6.07) is 8.72. The summed E-state index contributed by atoms with van der Waals surface area (Å²) in [6.07, 6.45) is 2.22. The zero-order chi connectivity index (χ0) is 22.6. The lowest BCUT2D eigenvalue weighted by Gasteiger charge is -2.21. The summed E-state index contributed by atoms with van der Waals surface area (Å²) in [7, 11) is 0. The maximum Gasteiger partial charge on any atom is 0.262 e. The predicted molar refractivity (Wildman–Crippen MR) is 119 cm³/mol. The maximum atomic E-state index is 12.9. The first kappa shape index (κ1) is 20.7. The molecule has 0 saturated heterocycles. The molecule has 1 aliphatic heterocycles. The normalized spacial score (nSPS) is 16.3. The molecule has 1 saturated carbocycles. The number of aromatic amines is 1. The molecule has 1 aliphatic carbocycles. The number of halogens is 2. The van der Waals surface area contributed by atoms with Gasteiger partial charge in [-0.2, -0.15) is 5.10 Å². The van der Waals surface area contributed by atoms with Crippen molar-refractivity contribution in [2.75, 3.05) is 5.32 Å². The second kappa shape index (κ2) is 7.72. The predicted octanol–water partition coefficient (Wildman–Crippen LogP) is 4.28. The Labute approximate surface area is 192 Å². The number of aromatic nitrogens is 3. The molecule has 3 amide bonds. The van der Waals surface area contributed by atoms with E-state index in [1.54, 1.807) is 18.2 Å². The molecule has 2 heterocycles. The molecular weight excluding hydrogens is 453 g/mol. The standard InChI is InChI=1S/C22H17Cl2N5O3/c1-10(29-21(31)14-8-16(23)17(24)9-15(14)22(29)32)20(30)25-13-4-2-3-12(7-13)19-26-18(27-28-19)11-5-6-11/h2-4,7-11H,5-6H2,1H3,(H,25,30)(H,26,27,28). The lowest BCUT2D eigenvalue weighted by atomic mass is 10.1. The van der Waals surface area contributed by atoms with Gasteiger partial charge in [-0.25, -0.2) is 4.98 Å². The van der Waals surface area contributed by atoms with Gasteiger partial charge in [-0.3, -0.25) is 24.4 Å². The number of nitrogens with one attached hydrogen (secondary N) is 2. The van der Waals surface area contributed by atoms with Crippen molar-refractivity contribution in [1.29, 1.82) is 0 Å². The van der Waals surface area contributed by atoms with Crippen LogP contribution in [0.25, 0.3) is 11.4 Å². The van der Waals surface area contributed by atoms with Gasteiger partial charge in [0.1, 0.15) is 11.9 Å². The number of nitrogens with zero attached hydrogens (tertiary/aromatic N) is 3. The third kappa shape index (κ3) is 3.55. The lowest BCUT2D eigenvalue weighted by Crippen LogP contribution is -2.45. The largest absolute Gasteiger partial charge is 0.324 e. The highest BCUT2D eigenvalue weighted by molar-refractivity contribution is 6.43. The van der Waals surface area contributed by atoms with Crippen molar-refractivity contribution in [3.8, 4) is 11.4 Å². The molecule has 162 valence electrons. The number of hydrogen-bond donors (Lipinski definition) is 2. The minimum atomic E-state index is -1.05. The van der Waals surface area contributed by atoms with Crippen molar-refractivity contribution in [3.05, 3.63) is 63.4 Å². The number of amides is 3. The van der Waals surface area contributed by atoms with E-state index in [-0.39, 0.29) is 21.2 Å². The molecule has 32 heavy (non-hydrogen) atoms. The van der Waals surface area contributed by atoms with Crippen LogP contribution in [-0.2, 0) is 4.79 Å². The third-order valence-corrected chi connectivity index (χ3v) is 6.30. The van der Waals surface area contributed by atoms with Crippen molar-refractivity contribution in [2.24, 2.45) is 0 Å². The second-order valence-electron chi connectivity index (χ2n) is 7.86. The van der Waals surface area contributed by atoms with Crippen LogP contribution in [0.4, 0.5) is 5.69 Å². The molecule has 2 aliphatic rings. The van der Waals surface area contributed by atoms with Crippen LogP contribution in [-0.4, -0.2) is 43.8 Å². The van der Waals surface area contributed by atoms with E-state index in [1.165, 1.54) is 19.1 Å². The van der Waals surface area contributed by atoms with Gasteiger partial charge in [0.05, 0.1) is 21.2 Å². The van der Waals surface area contributed by atoms with Crippen molar-refractivity contribution in [2.45, 2.75) is 31.7 Å². The highest BCUT2D eigenvalue weighted by atomic mass is 35.5. The van der Waals surface area contributed by atoms with Crippen LogP contribution in [0.1, 0.15) is 52.2 Å². The van der Waals surface area contributed by atoms with Crippen LogP contribution in [0.2, 0.25) is 10.0 Å². The van der Waals surface area contributed by atoms with E-state index >= 15 is 0 Å². The number of imide groups is 1. The Balaban J connectivity index is 1.34. The van der Waals surface area contributed by atoms with E-state index in [1.807, 2.05) is 6.07 Å².